The minimum atomic E-state index is -5.09. The molecule has 5 rings (SSSR count). The van der Waals surface area contributed by atoms with Crippen LogP contribution in [0.5, 0.6) is 0 Å². The van der Waals surface area contributed by atoms with Crippen molar-refractivity contribution in [1.82, 2.24) is 0 Å². The SMILES string of the molecule is OC(c1ccc(-c2ccccc2)c(F)c1)(c1ccc2c(c1)C=NC(c1ccccc1)CC2)C(F)(F)F. The van der Waals surface area contributed by atoms with Gasteiger partial charge >= 0.3 is 6.18 Å². The van der Waals surface area contributed by atoms with E-state index in [-0.39, 0.29) is 17.2 Å². The summed E-state index contributed by atoms with van der Waals surface area (Å²) in [5, 5.41) is 11.1. The first-order valence-electron chi connectivity index (χ1n) is 11.6. The minimum absolute atomic E-state index is 0.108. The number of aliphatic hydroxyl groups is 1. The number of hydrogen-bond acceptors (Lipinski definition) is 2. The Balaban J connectivity index is 1.55. The van der Waals surface area contributed by atoms with Gasteiger partial charge < -0.3 is 5.11 Å². The molecule has 0 spiro atoms. The zero-order valence-electron chi connectivity index (χ0n) is 19.2. The molecule has 0 aliphatic carbocycles. The number of aliphatic imine (C=N–C) groups is 1. The van der Waals surface area contributed by atoms with Gasteiger partial charge in [0, 0.05) is 17.3 Å². The molecule has 2 nitrogen and oxygen atoms in total. The second-order valence-electron chi connectivity index (χ2n) is 8.93. The summed E-state index contributed by atoms with van der Waals surface area (Å²) in [4.78, 5) is 4.60. The summed E-state index contributed by atoms with van der Waals surface area (Å²) in [5.74, 6) is -0.844. The number of hydrogen-bond donors (Lipinski definition) is 1. The van der Waals surface area contributed by atoms with Gasteiger partial charge in [0.25, 0.3) is 0 Å². The highest BCUT2D eigenvalue weighted by molar-refractivity contribution is 5.83. The summed E-state index contributed by atoms with van der Waals surface area (Å²) >= 11 is 0. The molecule has 0 aromatic heterocycles. The molecule has 182 valence electrons. The fraction of sp³-hybridized carbons (Fsp3) is 0.167. The van der Waals surface area contributed by atoms with E-state index in [2.05, 4.69) is 4.99 Å². The highest BCUT2D eigenvalue weighted by atomic mass is 19.4. The van der Waals surface area contributed by atoms with E-state index in [0.29, 0.717) is 24.0 Å². The molecule has 2 unspecified atom stereocenters. The number of rotatable bonds is 4. The Morgan fingerprint density at radius 1 is 0.778 bits per heavy atom. The maximum Gasteiger partial charge on any atom is 0.425 e. The molecule has 0 radical (unpaired) electrons. The van der Waals surface area contributed by atoms with Crippen molar-refractivity contribution in [3.8, 4) is 11.1 Å². The maximum atomic E-state index is 15.0. The standard InChI is InChI=1S/C30H23F4NO/c31-27-18-25(14-15-26(27)21-7-3-1-4-8-21)29(36,30(32,33)34)24-13-11-20-12-16-28(35-19-23(20)17-24)22-9-5-2-6-10-22/h1-11,13-15,17-19,28,36H,12,16H2. The van der Waals surface area contributed by atoms with E-state index in [1.807, 2.05) is 30.3 Å². The number of fused-ring (bicyclic) bond motifs is 1. The molecule has 0 saturated carbocycles. The number of benzene rings is 4. The van der Waals surface area contributed by atoms with Crippen LogP contribution in [0, 0.1) is 5.82 Å². The summed E-state index contributed by atoms with van der Waals surface area (Å²) in [6.45, 7) is 0. The van der Waals surface area contributed by atoms with Crippen molar-refractivity contribution in [2.24, 2.45) is 4.99 Å². The summed E-state index contributed by atoms with van der Waals surface area (Å²) in [6, 6.07) is 25.5. The zero-order chi connectivity index (χ0) is 25.3. The van der Waals surface area contributed by atoms with Crippen LogP contribution in [0.3, 0.4) is 0 Å². The molecule has 1 aliphatic heterocycles. The van der Waals surface area contributed by atoms with E-state index in [1.54, 1.807) is 42.6 Å². The molecule has 4 aromatic rings. The molecule has 6 heteroatoms. The lowest BCUT2D eigenvalue weighted by atomic mass is 9.83. The Morgan fingerprint density at radius 3 is 2.08 bits per heavy atom. The second kappa shape index (κ2) is 9.36. The fourth-order valence-corrected chi connectivity index (χ4v) is 4.72. The van der Waals surface area contributed by atoms with Gasteiger partial charge in [-0.15, -0.1) is 0 Å². The fourth-order valence-electron chi connectivity index (χ4n) is 4.72. The van der Waals surface area contributed by atoms with Gasteiger partial charge in [-0.05, 0) is 52.8 Å². The van der Waals surface area contributed by atoms with Crippen LogP contribution in [0.2, 0.25) is 0 Å². The summed E-state index contributed by atoms with van der Waals surface area (Å²) in [5.41, 5.74) is -1.29. The maximum absolute atomic E-state index is 15.0. The van der Waals surface area contributed by atoms with E-state index >= 15 is 4.39 Å². The summed E-state index contributed by atoms with van der Waals surface area (Å²) in [7, 11) is 0. The monoisotopic (exact) mass is 489 g/mol. The Morgan fingerprint density at radius 2 is 1.42 bits per heavy atom. The average molecular weight is 490 g/mol. The quantitative estimate of drug-likeness (QED) is 0.298. The average Bonchev–Trinajstić information content (AvgIpc) is 3.11. The van der Waals surface area contributed by atoms with Gasteiger partial charge in [-0.2, -0.15) is 13.2 Å². The first-order valence-corrected chi connectivity index (χ1v) is 11.6. The van der Waals surface area contributed by atoms with Crippen LogP contribution in [0.4, 0.5) is 17.6 Å². The van der Waals surface area contributed by atoms with Crippen LogP contribution in [-0.2, 0) is 12.0 Å². The lowest BCUT2D eigenvalue weighted by molar-refractivity contribution is -0.248. The molecule has 0 bridgehead atoms. The largest absolute Gasteiger partial charge is 0.425 e. The van der Waals surface area contributed by atoms with Crippen molar-refractivity contribution < 1.29 is 22.7 Å². The molecule has 2 atom stereocenters. The topological polar surface area (TPSA) is 32.6 Å². The third-order valence-corrected chi connectivity index (χ3v) is 6.71. The highest BCUT2D eigenvalue weighted by Gasteiger charge is 2.56. The van der Waals surface area contributed by atoms with Gasteiger partial charge in [0.1, 0.15) is 5.82 Å². The van der Waals surface area contributed by atoms with Crippen molar-refractivity contribution >= 4 is 6.21 Å². The van der Waals surface area contributed by atoms with Crippen LogP contribution in [0.1, 0.15) is 40.3 Å². The Hall–Kier alpha value is -3.77. The minimum Gasteiger partial charge on any atom is -0.372 e. The van der Waals surface area contributed by atoms with Gasteiger partial charge in [0.05, 0.1) is 6.04 Å². The molecule has 4 aromatic carbocycles. The van der Waals surface area contributed by atoms with Gasteiger partial charge in [0.15, 0.2) is 0 Å². The van der Waals surface area contributed by atoms with Crippen LogP contribution in [-0.4, -0.2) is 17.5 Å². The number of nitrogens with zero attached hydrogens (tertiary/aromatic N) is 1. The normalized spacial score (nSPS) is 17.2. The predicted octanol–water partition coefficient (Wildman–Crippen LogP) is 7.40. The Labute approximate surface area is 206 Å². The van der Waals surface area contributed by atoms with Gasteiger partial charge in [-0.1, -0.05) is 84.9 Å². The first kappa shape index (κ1) is 23.9. The van der Waals surface area contributed by atoms with Crippen molar-refractivity contribution in [3.63, 3.8) is 0 Å². The van der Waals surface area contributed by atoms with Crippen molar-refractivity contribution in [3.05, 3.63) is 131 Å². The molecule has 0 amide bonds. The lowest BCUT2D eigenvalue weighted by Gasteiger charge is -2.32. The van der Waals surface area contributed by atoms with Crippen LogP contribution in [0.25, 0.3) is 11.1 Å². The van der Waals surface area contributed by atoms with Crippen LogP contribution >= 0.6 is 0 Å². The van der Waals surface area contributed by atoms with E-state index in [4.69, 9.17) is 0 Å². The summed E-state index contributed by atoms with van der Waals surface area (Å²) < 4.78 is 58.3. The molecule has 1 aliphatic rings. The third-order valence-electron chi connectivity index (χ3n) is 6.71. The molecule has 0 saturated heterocycles. The van der Waals surface area contributed by atoms with Crippen LogP contribution < -0.4 is 0 Å². The summed E-state index contributed by atoms with van der Waals surface area (Å²) in [6.07, 6.45) is -2.18. The molecule has 36 heavy (non-hydrogen) atoms. The number of alkyl halides is 3. The Kier molecular flexibility index (Phi) is 6.22. The molecule has 1 N–H and O–H groups in total. The van der Waals surface area contributed by atoms with Gasteiger partial charge in [-0.3, -0.25) is 4.99 Å². The lowest BCUT2D eigenvalue weighted by Crippen LogP contribution is -2.43. The van der Waals surface area contributed by atoms with Crippen molar-refractivity contribution in [2.75, 3.05) is 0 Å². The van der Waals surface area contributed by atoms with Crippen LogP contribution in [0.15, 0.2) is 102 Å². The predicted molar refractivity (Wildman–Crippen MR) is 132 cm³/mol. The molecular formula is C30H23F4NO. The second-order valence-corrected chi connectivity index (χ2v) is 8.93. The molecular weight excluding hydrogens is 466 g/mol. The van der Waals surface area contributed by atoms with E-state index in [0.717, 1.165) is 23.3 Å². The number of halogens is 4. The van der Waals surface area contributed by atoms with Gasteiger partial charge in [0.2, 0.25) is 5.60 Å². The third kappa shape index (κ3) is 4.33. The van der Waals surface area contributed by atoms with Crippen molar-refractivity contribution in [2.45, 2.75) is 30.7 Å². The number of aryl methyl sites for hydroxylation is 1. The van der Waals surface area contributed by atoms with Crippen molar-refractivity contribution in [1.29, 1.82) is 0 Å². The first-order chi connectivity index (χ1) is 17.3. The van der Waals surface area contributed by atoms with E-state index in [9.17, 15) is 18.3 Å². The smallest absolute Gasteiger partial charge is 0.372 e. The van der Waals surface area contributed by atoms with Gasteiger partial charge in [-0.25, -0.2) is 4.39 Å². The van der Waals surface area contributed by atoms with E-state index < -0.39 is 23.2 Å². The molecule has 0 fully saturated rings. The molecule has 1 heterocycles. The highest BCUT2D eigenvalue weighted by Crippen LogP contribution is 2.45. The zero-order valence-corrected chi connectivity index (χ0v) is 19.2. The van der Waals surface area contributed by atoms with E-state index in [1.165, 1.54) is 18.2 Å². The Bertz CT molecular complexity index is 1400.